The van der Waals surface area contributed by atoms with Gasteiger partial charge in [-0.15, -0.1) is 0 Å². The summed E-state index contributed by atoms with van der Waals surface area (Å²) in [4.78, 5) is 23.4. The summed E-state index contributed by atoms with van der Waals surface area (Å²) >= 11 is 0. The van der Waals surface area contributed by atoms with E-state index in [2.05, 4.69) is 15.1 Å². The van der Waals surface area contributed by atoms with Crippen LogP contribution < -0.4 is 0 Å². The first-order valence-electron chi connectivity index (χ1n) is 9.21. The van der Waals surface area contributed by atoms with Crippen molar-refractivity contribution in [1.82, 2.24) is 20.0 Å². The number of benzene rings is 1. The highest BCUT2D eigenvalue weighted by Crippen LogP contribution is 2.28. The Morgan fingerprint density at radius 2 is 2.11 bits per heavy atom. The summed E-state index contributed by atoms with van der Waals surface area (Å²) in [6.45, 7) is 5.15. The summed E-state index contributed by atoms with van der Waals surface area (Å²) in [7, 11) is 0. The molecule has 0 radical (unpaired) electrons. The molecule has 1 fully saturated rings. The zero-order chi connectivity index (χ0) is 19.0. The van der Waals surface area contributed by atoms with E-state index in [4.69, 9.17) is 4.52 Å². The zero-order valence-corrected chi connectivity index (χ0v) is 15.4. The lowest BCUT2D eigenvalue weighted by Crippen LogP contribution is -2.39. The van der Waals surface area contributed by atoms with Gasteiger partial charge in [0.15, 0.2) is 5.82 Å². The zero-order valence-electron chi connectivity index (χ0n) is 15.4. The highest BCUT2D eigenvalue weighted by Gasteiger charge is 2.30. The number of amides is 1. The van der Waals surface area contributed by atoms with Crippen LogP contribution in [0, 0.1) is 5.82 Å². The summed E-state index contributed by atoms with van der Waals surface area (Å²) in [5.74, 6) is 0.841. The Balaban J connectivity index is 1.55. The van der Waals surface area contributed by atoms with Crippen molar-refractivity contribution in [1.29, 1.82) is 0 Å². The molecule has 0 unspecified atom stereocenters. The lowest BCUT2D eigenvalue weighted by Gasteiger charge is -2.30. The summed E-state index contributed by atoms with van der Waals surface area (Å²) < 4.78 is 19.4. The molecule has 0 saturated carbocycles. The molecular weight excluding hydrogens is 347 g/mol. The van der Waals surface area contributed by atoms with Crippen LogP contribution in [-0.2, 0) is 0 Å². The summed E-state index contributed by atoms with van der Waals surface area (Å²) in [6.07, 6.45) is 1.74. The summed E-state index contributed by atoms with van der Waals surface area (Å²) in [6, 6.07) is 8.14. The number of carbonyl (C=O) groups is 1. The molecule has 0 N–H and O–H groups in total. The van der Waals surface area contributed by atoms with Gasteiger partial charge in [0.1, 0.15) is 17.0 Å². The second-order valence-electron chi connectivity index (χ2n) is 7.24. The fraction of sp³-hybridized carbons (Fsp3) is 0.400. The number of para-hydroxylation sites is 1. The summed E-state index contributed by atoms with van der Waals surface area (Å²) in [5.41, 5.74) is 0.469. The van der Waals surface area contributed by atoms with E-state index >= 15 is 0 Å². The van der Waals surface area contributed by atoms with Crippen molar-refractivity contribution >= 4 is 16.8 Å². The fourth-order valence-electron chi connectivity index (χ4n) is 3.40. The lowest BCUT2D eigenvalue weighted by atomic mass is 9.97. The molecular formula is C20H21FN4O2. The van der Waals surface area contributed by atoms with Gasteiger partial charge in [-0.2, -0.15) is 4.98 Å². The Labute approximate surface area is 156 Å². The number of hydrogen-bond donors (Lipinski definition) is 0. The number of piperidine rings is 1. The van der Waals surface area contributed by atoms with Gasteiger partial charge in [0.25, 0.3) is 5.91 Å². The third-order valence-corrected chi connectivity index (χ3v) is 4.92. The smallest absolute Gasteiger partial charge is 0.272 e. The molecule has 1 aliphatic rings. The highest BCUT2D eigenvalue weighted by molar-refractivity contribution is 5.95. The number of nitrogens with zero attached hydrogens (tertiary/aromatic N) is 4. The third-order valence-electron chi connectivity index (χ3n) is 4.92. The number of hydrogen-bond acceptors (Lipinski definition) is 5. The average Bonchev–Trinajstić information content (AvgIpc) is 3.18. The third kappa shape index (κ3) is 3.41. The minimum Gasteiger partial charge on any atom is -0.339 e. The van der Waals surface area contributed by atoms with E-state index in [1.807, 2.05) is 13.8 Å². The molecule has 2 aromatic heterocycles. The average molecular weight is 368 g/mol. The van der Waals surface area contributed by atoms with E-state index in [9.17, 15) is 9.18 Å². The quantitative estimate of drug-likeness (QED) is 0.701. The van der Waals surface area contributed by atoms with E-state index in [-0.39, 0.29) is 29.0 Å². The molecule has 4 rings (SSSR count). The number of fused-ring (bicyclic) bond motifs is 1. The molecule has 1 amide bonds. The molecule has 1 aromatic carbocycles. The predicted octanol–water partition coefficient (Wildman–Crippen LogP) is 3.90. The molecule has 6 nitrogen and oxygen atoms in total. The largest absolute Gasteiger partial charge is 0.339 e. The van der Waals surface area contributed by atoms with Crippen LogP contribution in [0.25, 0.3) is 10.9 Å². The van der Waals surface area contributed by atoms with E-state index in [1.165, 1.54) is 6.07 Å². The molecule has 3 aromatic rings. The van der Waals surface area contributed by atoms with E-state index in [0.29, 0.717) is 30.2 Å². The first kappa shape index (κ1) is 17.6. The molecule has 7 heteroatoms. The van der Waals surface area contributed by atoms with Crippen molar-refractivity contribution in [3.63, 3.8) is 0 Å². The minimum absolute atomic E-state index is 0.0138. The Kier molecular flexibility index (Phi) is 4.59. The van der Waals surface area contributed by atoms with E-state index < -0.39 is 5.82 Å². The molecule has 140 valence electrons. The standard InChI is InChI=1S/C20H21FN4O2/c1-12(2)18-23-19(27-24-18)14-6-4-10-25(11-14)20(26)16-9-8-13-5-3-7-15(21)17(13)22-16/h3,5,7-9,12,14H,4,6,10-11H2,1-2H3/t14-/m0/s1. The molecule has 1 atom stereocenters. The van der Waals surface area contributed by atoms with Crippen molar-refractivity contribution < 1.29 is 13.7 Å². The van der Waals surface area contributed by atoms with Gasteiger partial charge in [-0.25, -0.2) is 9.37 Å². The lowest BCUT2D eigenvalue weighted by molar-refractivity contribution is 0.0690. The molecule has 27 heavy (non-hydrogen) atoms. The van der Waals surface area contributed by atoms with Crippen molar-refractivity contribution in [2.24, 2.45) is 0 Å². The van der Waals surface area contributed by atoms with Crippen LogP contribution in [0.5, 0.6) is 0 Å². The monoisotopic (exact) mass is 368 g/mol. The number of rotatable bonds is 3. The normalized spacial score (nSPS) is 17.6. The van der Waals surface area contributed by atoms with E-state index in [1.54, 1.807) is 29.2 Å². The van der Waals surface area contributed by atoms with E-state index in [0.717, 1.165) is 12.8 Å². The first-order chi connectivity index (χ1) is 13.0. The maximum atomic E-state index is 14.0. The van der Waals surface area contributed by atoms with Gasteiger partial charge in [-0.05, 0) is 25.0 Å². The van der Waals surface area contributed by atoms with Gasteiger partial charge in [0, 0.05) is 24.4 Å². The maximum absolute atomic E-state index is 14.0. The van der Waals surface area contributed by atoms with Gasteiger partial charge < -0.3 is 9.42 Å². The Morgan fingerprint density at radius 3 is 2.89 bits per heavy atom. The fourth-order valence-corrected chi connectivity index (χ4v) is 3.40. The SMILES string of the molecule is CC(C)c1noc([C@H]2CCCN(C(=O)c3ccc4cccc(F)c4n3)C2)n1. The Morgan fingerprint density at radius 1 is 1.26 bits per heavy atom. The van der Waals surface area contributed by atoms with Crippen LogP contribution in [0.3, 0.4) is 0 Å². The molecule has 3 heterocycles. The molecule has 0 bridgehead atoms. The maximum Gasteiger partial charge on any atom is 0.272 e. The van der Waals surface area contributed by atoms with Crippen LogP contribution in [0.4, 0.5) is 4.39 Å². The predicted molar refractivity (Wildman–Crippen MR) is 98.0 cm³/mol. The van der Waals surface area contributed by atoms with Gasteiger partial charge in [-0.1, -0.05) is 37.2 Å². The summed E-state index contributed by atoms with van der Waals surface area (Å²) in [5, 5.41) is 4.70. The number of carbonyl (C=O) groups excluding carboxylic acids is 1. The number of halogens is 1. The van der Waals surface area contributed by atoms with Gasteiger partial charge >= 0.3 is 0 Å². The number of likely N-dealkylation sites (tertiary alicyclic amines) is 1. The van der Waals surface area contributed by atoms with Crippen LogP contribution in [-0.4, -0.2) is 39.0 Å². The first-order valence-corrected chi connectivity index (χ1v) is 9.21. The van der Waals surface area contributed by atoms with Crippen LogP contribution in [0.15, 0.2) is 34.9 Å². The molecule has 1 saturated heterocycles. The van der Waals surface area contributed by atoms with Crippen molar-refractivity contribution in [3.8, 4) is 0 Å². The van der Waals surface area contributed by atoms with Crippen LogP contribution >= 0.6 is 0 Å². The molecule has 1 aliphatic heterocycles. The number of pyridine rings is 1. The Hall–Kier alpha value is -2.83. The molecule has 0 spiro atoms. The topological polar surface area (TPSA) is 72.1 Å². The molecule has 0 aliphatic carbocycles. The second-order valence-corrected chi connectivity index (χ2v) is 7.24. The van der Waals surface area contributed by atoms with Crippen LogP contribution in [0.1, 0.15) is 60.7 Å². The number of aromatic nitrogens is 3. The van der Waals surface area contributed by atoms with Gasteiger partial charge in [0.2, 0.25) is 5.89 Å². The van der Waals surface area contributed by atoms with Crippen molar-refractivity contribution in [3.05, 3.63) is 53.6 Å². The minimum atomic E-state index is -0.425. The Bertz CT molecular complexity index is 985. The van der Waals surface area contributed by atoms with Crippen molar-refractivity contribution in [2.45, 2.75) is 38.5 Å². The van der Waals surface area contributed by atoms with Crippen LogP contribution in [0.2, 0.25) is 0 Å². The van der Waals surface area contributed by atoms with Crippen molar-refractivity contribution in [2.75, 3.05) is 13.1 Å². The second kappa shape index (κ2) is 7.06. The van der Waals surface area contributed by atoms with Gasteiger partial charge in [-0.3, -0.25) is 4.79 Å². The van der Waals surface area contributed by atoms with Gasteiger partial charge in [0.05, 0.1) is 5.92 Å². The highest BCUT2D eigenvalue weighted by atomic mass is 19.1.